The van der Waals surface area contributed by atoms with Gasteiger partial charge < -0.3 is 29.3 Å². The average Bonchev–Trinajstić information content (AvgIpc) is 3.31. The highest BCUT2D eigenvalue weighted by Crippen LogP contribution is 2.35. The molecule has 2 aromatic carbocycles. The molecule has 2 aliphatic rings. The monoisotopic (exact) mass is 531 g/mol. The summed E-state index contributed by atoms with van der Waals surface area (Å²) in [5.74, 6) is -2.17. The molecular weight excluding hydrogens is 500 g/mol. The smallest absolute Gasteiger partial charge is 0.248 e. The highest BCUT2D eigenvalue weighted by Gasteiger charge is 2.38. The molecule has 2 aromatic rings. The van der Waals surface area contributed by atoms with Crippen molar-refractivity contribution >= 4 is 17.7 Å². The van der Waals surface area contributed by atoms with Crippen LogP contribution in [0.4, 0.5) is 8.78 Å². The summed E-state index contributed by atoms with van der Waals surface area (Å²) in [6.45, 7) is 0.823. The Morgan fingerprint density at radius 2 is 1.87 bits per heavy atom. The largest absolute Gasteiger partial charge is 0.493 e. The predicted octanol–water partition coefficient (Wildman–Crippen LogP) is 1.88. The molecule has 1 saturated heterocycles. The number of carbonyl (C=O) groups is 3. The van der Waals surface area contributed by atoms with Crippen molar-refractivity contribution in [1.29, 1.82) is 0 Å². The fourth-order valence-electron chi connectivity index (χ4n) is 4.83. The minimum absolute atomic E-state index is 0.0728. The van der Waals surface area contributed by atoms with Gasteiger partial charge in [0.25, 0.3) is 0 Å². The molecule has 0 saturated carbocycles. The van der Waals surface area contributed by atoms with E-state index in [2.05, 4.69) is 5.32 Å². The van der Waals surface area contributed by atoms with Crippen molar-refractivity contribution in [3.8, 4) is 11.5 Å². The standard InChI is InChI=1S/C27H31F2N3O6/c1-36-16-27(35)32-13-19-18-5-7-23(37-2)24(12-18)38-9-3-8-31(15-25(33)30-22(19)14-32)26(34)11-17-4-6-20(28)21(29)10-17/h4-7,10,12,19,22H,3,8-9,11,13-16H2,1-2H3,(H,30,33)/t19-,22+/m1/s1. The number of methoxy groups -OCH3 is 2. The number of ether oxygens (including phenoxy) is 3. The maximum absolute atomic E-state index is 13.7. The van der Waals surface area contributed by atoms with E-state index in [9.17, 15) is 23.2 Å². The number of amides is 3. The van der Waals surface area contributed by atoms with Gasteiger partial charge in [0.05, 0.1) is 32.7 Å². The zero-order valence-corrected chi connectivity index (χ0v) is 21.4. The van der Waals surface area contributed by atoms with E-state index in [1.807, 2.05) is 12.1 Å². The second kappa shape index (κ2) is 12.2. The van der Waals surface area contributed by atoms with E-state index in [0.29, 0.717) is 30.0 Å². The molecule has 2 heterocycles. The third-order valence-electron chi connectivity index (χ3n) is 6.76. The molecular formula is C27H31F2N3O6. The van der Waals surface area contributed by atoms with E-state index in [-0.39, 0.29) is 57.0 Å². The second-order valence-corrected chi connectivity index (χ2v) is 9.37. The Kier molecular flexibility index (Phi) is 8.77. The van der Waals surface area contributed by atoms with Gasteiger partial charge in [-0.1, -0.05) is 12.1 Å². The number of fused-ring (bicyclic) bond motifs is 4. The summed E-state index contributed by atoms with van der Waals surface area (Å²) in [7, 11) is 2.99. The lowest BCUT2D eigenvalue weighted by Crippen LogP contribution is -2.47. The van der Waals surface area contributed by atoms with Crippen LogP contribution >= 0.6 is 0 Å². The second-order valence-electron chi connectivity index (χ2n) is 9.37. The Labute approximate surface area is 219 Å². The van der Waals surface area contributed by atoms with Crippen LogP contribution in [-0.2, 0) is 25.5 Å². The first-order valence-corrected chi connectivity index (χ1v) is 12.4. The molecule has 2 atom stereocenters. The predicted molar refractivity (Wildman–Crippen MR) is 133 cm³/mol. The molecule has 0 unspecified atom stereocenters. The minimum Gasteiger partial charge on any atom is -0.493 e. The molecule has 11 heteroatoms. The van der Waals surface area contributed by atoms with E-state index < -0.39 is 23.6 Å². The van der Waals surface area contributed by atoms with Crippen LogP contribution in [0.1, 0.15) is 23.5 Å². The van der Waals surface area contributed by atoms with Crippen LogP contribution in [0.3, 0.4) is 0 Å². The van der Waals surface area contributed by atoms with Crippen LogP contribution in [0.25, 0.3) is 0 Å². The molecule has 204 valence electrons. The van der Waals surface area contributed by atoms with Crippen molar-refractivity contribution in [2.24, 2.45) is 0 Å². The third kappa shape index (κ3) is 6.39. The SMILES string of the molecule is COCC(=O)N1C[C@@H]2NC(=O)CN(C(=O)Cc3ccc(F)c(F)c3)CCCOc3cc(ccc3OC)[C@H]2C1. The minimum atomic E-state index is -1.04. The topological polar surface area (TPSA) is 97.4 Å². The van der Waals surface area contributed by atoms with Crippen molar-refractivity contribution in [2.45, 2.75) is 24.8 Å². The average molecular weight is 532 g/mol. The van der Waals surface area contributed by atoms with Crippen molar-refractivity contribution in [3.05, 3.63) is 59.2 Å². The van der Waals surface area contributed by atoms with Gasteiger partial charge in [0.2, 0.25) is 17.7 Å². The van der Waals surface area contributed by atoms with Crippen molar-refractivity contribution < 1.29 is 37.4 Å². The number of halogens is 2. The Bertz CT molecular complexity index is 1190. The first kappa shape index (κ1) is 27.3. The van der Waals surface area contributed by atoms with E-state index in [1.165, 1.54) is 18.1 Å². The molecule has 1 N–H and O–H groups in total. The molecule has 3 amide bonds. The van der Waals surface area contributed by atoms with Gasteiger partial charge in [-0.25, -0.2) is 8.78 Å². The number of rotatable bonds is 5. The molecule has 0 aliphatic carbocycles. The van der Waals surface area contributed by atoms with Gasteiger partial charge in [-0.05, 0) is 41.8 Å². The molecule has 2 bridgehead atoms. The molecule has 0 spiro atoms. The van der Waals surface area contributed by atoms with Crippen molar-refractivity contribution in [2.75, 3.05) is 53.6 Å². The first-order chi connectivity index (χ1) is 18.3. The Morgan fingerprint density at radius 1 is 1.05 bits per heavy atom. The van der Waals surface area contributed by atoms with E-state index in [4.69, 9.17) is 14.2 Å². The quantitative estimate of drug-likeness (QED) is 0.633. The van der Waals surface area contributed by atoms with Gasteiger partial charge in [-0.15, -0.1) is 0 Å². The van der Waals surface area contributed by atoms with E-state index >= 15 is 0 Å². The Morgan fingerprint density at radius 3 is 2.61 bits per heavy atom. The Hall–Kier alpha value is -3.73. The summed E-state index contributed by atoms with van der Waals surface area (Å²) in [5.41, 5.74) is 1.18. The lowest BCUT2D eigenvalue weighted by Gasteiger charge is -2.24. The molecule has 38 heavy (non-hydrogen) atoms. The van der Waals surface area contributed by atoms with Crippen LogP contribution in [0.15, 0.2) is 36.4 Å². The van der Waals surface area contributed by atoms with Gasteiger partial charge >= 0.3 is 0 Å². The fourth-order valence-corrected chi connectivity index (χ4v) is 4.83. The summed E-state index contributed by atoms with van der Waals surface area (Å²) >= 11 is 0. The number of likely N-dealkylation sites (tertiary alicyclic amines) is 1. The number of hydrogen-bond acceptors (Lipinski definition) is 6. The van der Waals surface area contributed by atoms with Crippen LogP contribution in [0.5, 0.6) is 11.5 Å². The maximum Gasteiger partial charge on any atom is 0.248 e. The van der Waals surface area contributed by atoms with Gasteiger partial charge in [0.1, 0.15) is 6.61 Å². The molecule has 2 aliphatic heterocycles. The summed E-state index contributed by atoms with van der Waals surface area (Å²) < 4.78 is 43.4. The highest BCUT2D eigenvalue weighted by molar-refractivity contribution is 5.86. The summed E-state index contributed by atoms with van der Waals surface area (Å²) in [4.78, 5) is 41.8. The first-order valence-electron chi connectivity index (χ1n) is 12.4. The van der Waals surface area contributed by atoms with Crippen LogP contribution in [-0.4, -0.2) is 87.2 Å². The van der Waals surface area contributed by atoms with Crippen LogP contribution < -0.4 is 14.8 Å². The molecule has 9 nitrogen and oxygen atoms in total. The molecule has 0 aromatic heterocycles. The number of nitrogens with one attached hydrogen (secondary N) is 1. The highest BCUT2D eigenvalue weighted by atomic mass is 19.2. The lowest BCUT2D eigenvalue weighted by molar-refractivity contribution is -0.136. The summed E-state index contributed by atoms with van der Waals surface area (Å²) in [6, 6.07) is 8.41. The maximum atomic E-state index is 13.7. The third-order valence-corrected chi connectivity index (χ3v) is 6.76. The number of hydrogen-bond donors (Lipinski definition) is 1. The zero-order chi connectivity index (χ0) is 27.2. The van der Waals surface area contributed by atoms with Crippen LogP contribution in [0, 0.1) is 11.6 Å². The zero-order valence-electron chi connectivity index (χ0n) is 21.4. The Balaban J connectivity index is 1.57. The molecule has 1 fully saturated rings. The van der Waals surface area contributed by atoms with Crippen LogP contribution in [0.2, 0.25) is 0 Å². The number of benzene rings is 2. The fraction of sp³-hybridized carbons (Fsp3) is 0.444. The van der Waals surface area contributed by atoms with E-state index in [0.717, 1.165) is 17.7 Å². The van der Waals surface area contributed by atoms with Crippen molar-refractivity contribution in [3.63, 3.8) is 0 Å². The molecule has 0 radical (unpaired) electrons. The van der Waals surface area contributed by atoms with Gasteiger partial charge in [-0.2, -0.15) is 0 Å². The van der Waals surface area contributed by atoms with Gasteiger partial charge in [0.15, 0.2) is 23.1 Å². The summed E-state index contributed by atoms with van der Waals surface area (Å²) in [6.07, 6.45) is 0.238. The number of nitrogens with zero attached hydrogens (tertiary/aromatic N) is 2. The van der Waals surface area contributed by atoms with Gasteiger partial charge in [0, 0.05) is 32.7 Å². The van der Waals surface area contributed by atoms with Crippen molar-refractivity contribution in [1.82, 2.24) is 15.1 Å². The van der Waals surface area contributed by atoms with E-state index in [1.54, 1.807) is 18.1 Å². The molecule has 4 rings (SSSR count). The lowest BCUT2D eigenvalue weighted by atomic mass is 9.94. The normalized spacial score (nSPS) is 19.8. The number of carbonyl (C=O) groups excluding carboxylic acids is 3. The van der Waals surface area contributed by atoms with Gasteiger partial charge in [-0.3, -0.25) is 14.4 Å². The summed E-state index contributed by atoms with van der Waals surface area (Å²) in [5, 5.41) is 3.00.